The van der Waals surface area contributed by atoms with Crippen LogP contribution in [0.15, 0.2) is 60.7 Å². The van der Waals surface area contributed by atoms with Gasteiger partial charge in [-0.15, -0.1) is 0 Å². The topological polar surface area (TPSA) is 25.2 Å². The molecular formula is C32H41NO. The van der Waals surface area contributed by atoms with Crippen LogP contribution >= 0.6 is 0 Å². The van der Waals surface area contributed by atoms with Gasteiger partial charge in [-0.2, -0.15) is 0 Å². The fourth-order valence-corrected chi connectivity index (χ4v) is 5.17. The molecule has 4 rings (SSSR count). The summed E-state index contributed by atoms with van der Waals surface area (Å²) in [5.41, 5.74) is 4.88. The fraction of sp³-hybridized carbons (Fsp3) is 0.438. The first-order valence-corrected chi connectivity index (χ1v) is 13.6. The molecule has 0 aliphatic carbocycles. The second-order valence-electron chi connectivity index (χ2n) is 9.87. The lowest BCUT2D eigenvalue weighted by atomic mass is 10.0. The van der Waals surface area contributed by atoms with E-state index in [2.05, 4.69) is 73.0 Å². The summed E-state index contributed by atoms with van der Waals surface area (Å²) in [5.74, 6) is 0.423. The van der Waals surface area contributed by atoms with Crippen molar-refractivity contribution in [1.29, 1.82) is 0 Å². The molecule has 0 aliphatic heterocycles. The van der Waals surface area contributed by atoms with E-state index in [9.17, 15) is 5.11 Å². The van der Waals surface area contributed by atoms with Crippen LogP contribution < -0.4 is 0 Å². The van der Waals surface area contributed by atoms with E-state index in [0.29, 0.717) is 5.75 Å². The molecule has 2 nitrogen and oxygen atoms in total. The molecule has 0 saturated heterocycles. The number of hydrogen-bond acceptors (Lipinski definition) is 1. The number of nitrogens with zero attached hydrogens (tertiary/aromatic N) is 1. The SMILES string of the molecule is CCCCCCCCn1c(-c2ccc3ccccc3c2)cc2c(O)cc(CCCCCC)cc21. The minimum absolute atomic E-state index is 0.423. The molecule has 0 radical (unpaired) electrons. The van der Waals surface area contributed by atoms with Gasteiger partial charge in [0, 0.05) is 17.6 Å². The molecule has 1 heterocycles. The van der Waals surface area contributed by atoms with E-state index in [4.69, 9.17) is 0 Å². The molecule has 0 atom stereocenters. The van der Waals surface area contributed by atoms with Gasteiger partial charge in [0.2, 0.25) is 0 Å². The second kappa shape index (κ2) is 12.1. The largest absolute Gasteiger partial charge is 0.507 e. The molecule has 0 spiro atoms. The third kappa shape index (κ3) is 5.84. The maximum Gasteiger partial charge on any atom is 0.125 e. The molecule has 0 bridgehead atoms. The summed E-state index contributed by atoms with van der Waals surface area (Å²) < 4.78 is 2.47. The summed E-state index contributed by atoms with van der Waals surface area (Å²) in [5, 5.41) is 14.5. The summed E-state index contributed by atoms with van der Waals surface area (Å²) >= 11 is 0. The number of rotatable bonds is 13. The van der Waals surface area contributed by atoms with Crippen LogP contribution in [0, 0.1) is 0 Å². The van der Waals surface area contributed by atoms with Crippen molar-refractivity contribution in [3.05, 3.63) is 66.2 Å². The highest BCUT2D eigenvalue weighted by Crippen LogP contribution is 2.36. The summed E-state index contributed by atoms with van der Waals surface area (Å²) in [6.07, 6.45) is 13.7. The van der Waals surface area contributed by atoms with Gasteiger partial charge in [0.25, 0.3) is 0 Å². The third-order valence-electron chi connectivity index (χ3n) is 7.16. The van der Waals surface area contributed by atoms with Crippen molar-refractivity contribution in [2.24, 2.45) is 0 Å². The monoisotopic (exact) mass is 455 g/mol. The minimum Gasteiger partial charge on any atom is -0.507 e. The van der Waals surface area contributed by atoms with Crippen LogP contribution in [0.4, 0.5) is 0 Å². The van der Waals surface area contributed by atoms with Crippen LogP contribution in [0.1, 0.15) is 83.6 Å². The molecule has 0 saturated carbocycles. The Morgan fingerprint density at radius 3 is 2.18 bits per heavy atom. The summed E-state index contributed by atoms with van der Waals surface area (Å²) in [6.45, 7) is 5.52. The predicted octanol–water partition coefficient (Wildman–Crippen LogP) is 9.65. The molecule has 0 aliphatic rings. The molecule has 0 unspecified atom stereocenters. The van der Waals surface area contributed by atoms with E-state index in [-0.39, 0.29) is 0 Å². The van der Waals surface area contributed by atoms with Gasteiger partial charge in [0.15, 0.2) is 0 Å². The number of benzene rings is 3. The van der Waals surface area contributed by atoms with Gasteiger partial charge < -0.3 is 9.67 Å². The zero-order valence-corrected chi connectivity index (χ0v) is 21.2. The molecule has 4 aromatic rings. The first-order chi connectivity index (χ1) is 16.7. The van der Waals surface area contributed by atoms with Crippen LogP contribution in [-0.4, -0.2) is 9.67 Å². The van der Waals surface area contributed by atoms with Gasteiger partial charge >= 0.3 is 0 Å². The zero-order chi connectivity index (χ0) is 23.8. The molecule has 1 N–H and O–H groups in total. The van der Waals surface area contributed by atoms with Crippen molar-refractivity contribution in [2.45, 2.75) is 91.0 Å². The van der Waals surface area contributed by atoms with E-state index in [0.717, 1.165) is 18.4 Å². The van der Waals surface area contributed by atoms with Gasteiger partial charge in [0.05, 0.1) is 5.52 Å². The predicted molar refractivity (Wildman–Crippen MR) is 148 cm³/mol. The maximum absolute atomic E-state index is 11.0. The fourth-order valence-electron chi connectivity index (χ4n) is 5.17. The Hall–Kier alpha value is -2.74. The van der Waals surface area contributed by atoms with Crippen molar-refractivity contribution in [3.63, 3.8) is 0 Å². The Morgan fingerprint density at radius 2 is 1.38 bits per heavy atom. The van der Waals surface area contributed by atoms with Crippen molar-refractivity contribution in [2.75, 3.05) is 0 Å². The highest BCUT2D eigenvalue weighted by atomic mass is 16.3. The van der Waals surface area contributed by atoms with Gasteiger partial charge in [-0.3, -0.25) is 0 Å². The van der Waals surface area contributed by atoms with Crippen LogP contribution in [0.5, 0.6) is 5.75 Å². The minimum atomic E-state index is 0.423. The van der Waals surface area contributed by atoms with E-state index in [1.54, 1.807) is 0 Å². The Morgan fingerprint density at radius 1 is 0.676 bits per heavy atom. The van der Waals surface area contributed by atoms with Crippen molar-refractivity contribution >= 4 is 21.7 Å². The number of aryl methyl sites for hydroxylation is 2. The number of hydrogen-bond donors (Lipinski definition) is 1. The standard InChI is InChI=1S/C32H41NO/c1-3-5-7-9-10-14-20-33-30(28-19-18-26-16-12-13-17-27(26)23-28)24-29-31(33)21-25(22-32(29)34)15-11-8-6-4-2/h12-13,16-19,21-24,34H,3-11,14-15,20H2,1-2H3. The first-order valence-electron chi connectivity index (χ1n) is 13.6. The molecule has 0 amide bonds. The number of fused-ring (bicyclic) bond motifs is 2. The van der Waals surface area contributed by atoms with Gasteiger partial charge in [-0.25, -0.2) is 0 Å². The highest BCUT2D eigenvalue weighted by Gasteiger charge is 2.15. The Balaban J connectivity index is 1.68. The van der Waals surface area contributed by atoms with Gasteiger partial charge in [-0.05, 0) is 65.4 Å². The summed E-state index contributed by atoms with van der Waals surface area (Å²) in [6, 6.07) is 21.8. The number of aromatic nitrogens is 1. The summed E-state index contributed by atoms with van der Waals surface area (Å²) in [7, 11) is 0. The second-order valence-corrected chi connectivity index (χ2v) is 9.87. The van der Waals surface area contributed by atoms with E-state index >= 15 is 0 Å². The first kappa shape index (κ1) is 24.4. The van der Waals surface area contributed by atoms with Gasteiger partial charge in [0.1, 0.15) is 5.75 Å². The average Bonchev–Trinajstić information content (AvgIpc) is 3.23. The van der Waals surface area contributed by atoms with Crippen LogP contribution in [-0.2, 0) is 13.0 Å². The smallest absolute Gasteiger partial charge is 0.125 e. The third-order valence-corrected chi connectivity index (χ3v) is 7.16. The Labute approximate surface area is 205 Å². The summed E-state index contributed by atoms with van der Waals surface area (Å²) in [4.78, 5) is 0. The molecule has 180 valence electrons. The lowest BCUT2D eigenvalue weighted by molar-refractivity contribution is 0.480. The van der Waals surface area contributed by atoms with E-state index < -0.39 is 0 Å². The Kier molecular flexibility index (Phi) is 8.68. The van der Waals surface area contributed by atoms with Crippen molar-refractivity contribution in [3.8, 4) is 17.0 Å². The van der Waals surface area contributed by atoms with Crippen molar-refractivity contribution < 1.29 is 5.11 Å². The zero-order valence-electron chi connectivity index (χ0n) is 21.2. The van der Waals surface area contributed by atoms with Crippen LogP contribution in [0.2, 0.25) is 0 Å². The Bertz CT molecular complexity index is 1200. The molecular weight excluding hydrogens is 414 g/mol. The lowest BCUT2D eigenvalue weighted by Crippen LogP contribution is -2.01. The molecule has 3 aromatic carbocycles. The van der Waals surface area contributed by atoms with Crippen LogP contribution in [0.25, 0.3) is 32.9 Å². The van der Waals surface area contributed by atoms with E-state index in [1.807, 2.05) is 6.07 Å². The quantitative estimate of drug-likeness (QED) is 0.199. The van der Waals surface area contributed by atoms with E-state index in [1.165, 1.54) is 97.3 Å². The normalized spacial score (nSPS) is 11.6. The van der Waals surface area contributed by atoms with Crippen molar-refractivity contribution in [1.82, 2.24) is 4.57 Å². The lowest BCUT2D eigenvalue weighted by Gasteiger charge is -2.13. The highest BCUT2D eigenvalue weighted by molar-refractivity contribution is 5.94. The molecule has 0 fully saturated rings. The number of aromatic hydroxyl groups is 1. The number of phenols is 1. The van der Waals surface area contributed by atoms with Gasteiger partial charge in [-0.1, -0.05) is 102 Å². The number of unbranched alkanes of at least 4 members (excludes halogenated alkanes) is 8. The maximum atomic E-state index is 11.0. The van der Waals surface area contributed by atoms with Crippen LogP contribution in [0.3, 0.4) is 0 Å². The average molecular weight is 456 g/mol. The molecule has 1 aromatic heterocycles. The molecule has 2 heteroatoms. The number of phenolic OH excluding ortho intramolecular Hbond substituents is 1. The molecule has 34 heavy (non-hydrogen) atoms.